The normalized spacial score (nSPS) is 11.1. The number of oxime groups is 1. The maximum Gasteiger partial charge on any atom is 0.273 e. The molecule has 0 aliphatic heterocycles. The van der Waals surface area contributed by atoms with Crippen molar-refractivity contribution in [1.82, 2.24) is 5.32 Å². The molecule has 2 aromatic carbocycles. The summed E-state index contributed by atoms with van der Waals surface area (Å²) in [5.74, 6) is 0.250. The molecule has 0 atom stereocenters. The third-order valence-electron chi connectivity index (χ3n) is 3.37. The van der Waals surface area contributed by atoms with Gasteiger partial charge in [0.25, 0.3) is 5.91 Å². The van der Waals surface area contributed by atoms with E-state index in [2.05, 4.69) is 10.5 Å². The number of likely N-dealkylation sites (N-methyl/N-ethyl adjacent to an activating group) is 1. The number of halogens is 1. The Bertz CT molecular complexity index is 760. The first-order chi connectivity index (χ1) is 11.6. The van der Waals surface area contributed by atoms with Gasteiger partial charge in [0.2, 0.25) is 0 Å². The van der Waals surface area contributed by atoms with Crippen LogP contribution < -0.4 is 10.1 Å². The summed E-state index contributed by atoms with van der Waals surface area (Å²) in [4.78, 5) is 16.8. The zero-order valence-corrected chi connectivity index (χ0v) is 14.6. The Labute approximate surface area is 146 Å². The molecular formula is C18H19ClN2O3. The summed E-state index contributed by atoms with van der Waals surface area (Å²) < 4.78 is 5.80. The van der Waals surface area contributed by atoms with Crippen molar-refractivity contribution >= 4 is 23.2 Å². The van der Waals surface area contributed by atoms with Gasteiger partial charge < -0.3 is 14.9 Å². The fraction of sp³-hybridized carbons (Fsp3) is 0.222. The summed E-state index contributed by atoms with van der Waals surface area (Å²) in [6.45, 7) is 2.21. The van der Waals surface area contributed by atoms with E-state index in [4.69, 9.17) is 21.2 Å². The first kappa shape index (κ1) is 17.8. The molecule has 0 radical (unpaired) electrons. The van der Waals surface area contributed by atoms with Crippen LogP contribution in [0.25, 0.3) is 0 Å². The van der Waals surface area contributed by atoms with E-state index >= 15 is 0 Å². The largest absolute Gasteiger partial charge is 0.487 e. The highest BCUT2D eigenvalue weighted by molar-refractivity contribution is 6.45. The number of benzene rings is 2. The first-order valence-corrected chi connectivity index (χ1v) is 7.75. The molecule has 1 N–H and O–H groups in total. The number of carbonyl (C=O) groups excluding carboxylic acids is 1. The molecule has 126 valence electrons. The predicted molar refractivity (Wildman–Crippen MR) is 94.6 cm³/mol. The average Bonchev–Trinajstić information content (AvgIpc) is 2.59. The molecule has 0 saturated heterocycles. The van der Waals surface area contributed by atoms with Gasteiger partial charge in [-0.3, -0.25) is 4.79 Å². The lowest BCUT2D eigenvalue weighted by molar-refractivity contribution is -0.114. The first-order valence-electron chi connectivity index (χ1n) is 7.37. The number of rotatable bonds is 6. The molecule has 2 aromatic rings. The van der Waals surface area contributed by atoms with Gasteiger partial charge in [0.05, 0.1) is 5.02 Å². The topological polar surface area (TPSA) is 59.9 Å². The van der Waals surface area contributed by atoms with Crippen LogP contribution in [0.2, 0.25) is 5.02 Å². The van der Waals surface area contributed by atoms with Gasteiger partial charge in [-0.05, 0) is 30.2 Å². The Kier molecular flexibility index (Phi) is 6.21. The number of nitrogens with zero attached hydrogens (tertiary/aromatic N) is 1. The second-order valence-corrected chi connectivity index (χ2v) is 5.49. The van der Waals surface area contributed by atoms with E-state index in [0.29, 0.717) is 16.3 Å². The van der Waals surface area contributed by atoms with Gasteiger partial charge in [-0.2, -0.15) is 0 Å². The van der Waals surface area contributed by atoms with Crippen molar-refractivity contribution in [3.63, 3.8) is 0 Å². The second-order valence-electron chi connectivity index (χ2n) is 5.08. The van der Waals surface area contributed by atoms with Crippen LogP contribution in [0, 0.1) is 6.92 Å². The summed E-state index contributed by atoms with van der Waals surface area (Å²) in [6, 6.07) is 12.9. The number of hydrogen-bond acceptors (Lipinski definition) is 4. The van der Waals surface area contributed by atoms with Gasteiger partial charge in [-0.1, -0.05) is 47.1 Å². The molecule has 0 aliphatic rings. The van der Waals surface area contributed by atoms with E-state index in [-0.39, 0.29) is 18.2 Å². The molecule has 0 aliphatic carbocycles. The Morgan fingerprint density at radius 3 is 2.67 bits per heavy atom. The van der Waals surface area contributed by atoms with Crippen LogP contribution in [0.4, 0.5) is 0 Å². The average molecular weight is 347 g/mol. The van der Waals surface area contributed by atoms with Gasteiger partial charge in [0.15, 0.2) is 5.71 Å². The Balaban J connectivity index is 2.28. The third kappa shape index (κ3) is 4.26. The molecular weight excluding hydrogens is 328 g/mol. The van der Waals surface area contributed by atoms with Gasteiger partial charge in [-0.25, -0.2) is 0 Å². The fourth-order valence-corrected chi connectivity index (χ4v) is 2.47. The zero-order chi connectivity index (χ0) is 17.5. The van der Waals surface area contributed by atoms with Crippen LogP contribution in [0.5, 0.6) is 5.75 Å². The van der Waals surface area contributed by atoms with E-state index in [1.54, 1.807) is 13.1 Å². The lowest BCUT2D eigenvalue weighted by atomic mass is 10.0. The highest BCUT2D eigenvalue weighted by Gasteiger charge is 2.17. The minimum Gasteiger partial charge on any atom is -0.487 e. The summed E-state index contributed by atoms with van der Waals surface area (Å²) >= 11 is 6.19. The van der Waals surface area contributed by atoms with Crippen molar-refractivity contribution in [3.8, 4) is 5.75 Å². The minimum absolute atomic E-state index is 0.189. The van der Waals surface area contributed by atoms with Gasteiger partial charge in [0, 0.05) is 12.6 Å². The minimum atomic E-state index is -0.335. The standard InChI is InChI=1S/C18H19ClN2O3/c1-12-8-9-16(15(19)10-12)24-11-13-6-4-5-7-14(13)17(21-23-3)18(22)20-2/h4-10H,11H2,1-3H3,(H,20,22)/b21-17+. The molecule has 2 rings (SSSR count). The summed E-state index contributed by atoms with van der Waals surface area (Å²) in [5.41, 5.74) is 2.69. The van der Waals surface area contributed by atoms with Crippen molar-refractivity contribution in [2.24, 2.45) is 5.16 Å². The molecule has 0 fully saturated rings. The lowest BCUT2D eigenvalue weighted by Gasteiger charge is -2.13. The smallest absolute Gasteiger partial charge is 0.273 e. The quantitative estimate of drug-likeness (QED) is 0.644. The van der Waals surface area contributed by atoms with Crippen molar-refractivity contribution < 1.29 is 14.4 Å². The van der Waals surface area contributed by atoms with Crippen LogP contribution in [-0.2, 0) is 16.2 Å². The predicted octanol–water partition coefficient (Wildman–Crippen LogP) is 3.32. The Hall–Kier alpha value is -2.53. The highest BCUT2D eigenvalue weighted by Crippen LogP contribution is 2.26. The third-order valence-corrected chi connectivity index (χ3v) is 3.66. The summed E-state index contributed by atoms with van der Waals surface area (Å²) in [6.07, 6.45) is 0. The molecule has 0 bridgehead atoms. The molecule has 0 spiro atoms. The van der Waals surface area contributed by atoms with Crippen LogP contribution in [0.3, 0.4) is 0 Å². The number of amides is 1. The van der Waals surface area contributed by atoms with Gasteiger partial charge in [-0.15, -0.1) is 0 Å². The van der Waals surface area contributed by atoms with Gasteiger partial charge >= 0.3 is 0 Å². The number of aryl methyl sites for hydroxylation is 1. The number of carbonyl (C=O) groups is 1. The number of nitrogens with one attached hydrogen (secondary N) is 1. The molecule has 0 aromatic heterocycles. The van der Waals surface area contributed by atoms with E-state index in [0.717, 1.165) is 11.1 Å². The van der Waals surface area contributed by atoms with Crippen molar-refractivity contribution in [2.45, 2.75) is 13.5 Å². The molecule has 0 saturated carbocycles. The number of ether oxygens (including phenoxy) is 1. The van der Waals surface area contributed by atoms with Crippen LogP contribution in [-0.4, -0.2) is 25.8 Å². The van der Waals surface area contributed by atoms with Crippen LogP contribution in [0.15, 0.2) is 47.6 Å². The summed E-state index contributed by atoms with van der Waals surface area (Å²) in [5, 5.41) is 6.93. The van der Waals surface area contributed by atoms with E-state index in [9.17, 15) is 4.79 Å². The Morgan fingerprint density at radius 2 is 2.00 bits per heavy atom. The maximum atomic E-state index is 12.0. The molecule has 24 heavy (non-hydrogen) atoms. The van der Waals surface area contributed by atoms with Crippen molar-refractivity contribution in [3.05, 3.63) is 64.2 Å². The van der Waals surface area contributed by atoms with E-state index < -0.39 is 0 Å². The van der Waals surface area contributed by atoms with E-state index in [1.165, 1.54) is 7.11 Å². The molecule has 0 heterocycles. The lowest BCUT2D eigenvalue weighted by Crippen LogP contribution is -2.29. The monoisotopic (exact) mass is 346 g/mol. The molecule has 6 heteroatoms. The maximum absolute atomic E-state index is 12.0. The zero-order valence-electron chi connectivity index (χ0n) is 13.8. The fourth-order valence-electron chi connectivity index (χ4n) is 2.18. The highest BCUT2D eigenvalue weighted by atomic mass is 35.5. The number of hydrogen-bond donors (Lipinski definition) is 1. The van der Waals surface area contributed by atoms with Crippen molar-refractivity contribution in [1.29, 1.82) is 0 Å². The molecule has 0 unspecified atom stereocenters. The van der Waals surface area contributed by atoms with Gasteiger partial charge in [0.1, 0.15) is 19.5 Å². The summed E-state index contributed by atoms with van der Waals surface area (Å²) in [7, 11) is 2.94. The Morgan fingerprint density at radius 1 is 1.25 bits per heavy atom. The van der Waals surface area contributed by atoms with Crippen molar-refractivity contribution in [2.75, 3.05) is 14.2 Å². The SMILES string of the molecule is CNC(=O)/C(=N/OC)c1ccccc1COc1ccc(C)cc1Cl. The molecule has 5 nitrogen and oxygen atoms in total. The second kappa shape index (κ2) is 8.36. The van der Waals surface area contributed by atoms with Crippen LogP contribution in [0.1, 0.15) is 16.7 Å². The van der Waals surface area contributed by atoms with E-state index in [1.807, 2.05) is 43.3 Å². The molecule has 1 amide bonds. The van der Waals surface area contributed by atoms with Crippen LogP contribution >= 0.6 is 11.6 Å².